The lowest BCUT2D eigenvalue weighted by Crippen LogP contribution is -2.48. The third kappa shape index (κ3) is 5.00. The van der Waals surface area contributed by atoms with Crippen molar-refractivity contribution in [1.29, 1.82) is 0 Å². The Morgan fingerprint density at radius 3 is 2.53 bits per heavy atom. The smallest absolute Gasteiger partial charge is 0.281 e. The second-order valence-corrected chi connectivity index (χ2v) is 7.62. The number of hydrogen-bond acceptors (Lipinski definition) is 4. The SMILES string of the molecule is CN(C)CCCN(C)S(=O)(=O)N1CCCC(CN)C1. The van der Waals surface area contributed by atoms with Crippen LogP contribution in [0.3, 0.4) is 0 Å². The van der Waals surface area contributed by atoms with E-state index in [0.717, 1.165) is 25.8 Å². The second-order valence-electron chi connectivity index (χ2n) is 5.59. The first-order valence-electron chi connectivity index (χ1n) is 6.94. The Labute approximate surface area is 117 Å². The summed E-state index contributed by atoms with van der Waals surface area (Å²) in [4.78, 5) is 2.06. The van der Waals surface area contributed by atoms with Gasteiger partial charge in [-0.3, -0.25) is 0 Å². The van der Waals surface area contributed by atoms with E-state index in [1.165, 1.54) is 4.31 Å². The van der Waals surface area contributed by atoms with Gasteiger partial charge in [0.2, 0.25) is 0 Å². The molecule has 1 fully saturated rings. The van der Waals surface area contributed by atoms with Crippen LogP contribution in [0.1, 0.15) is 19.3 Å². The van der Waals surface area contributed by atoms with E-state index in [0.29, 0.717) is 32.1 Å². The molecule has 6 nitrogen and oxygen atoms in total. The molecule has 0 bridgehead atoms. The lowest BCUT2D eigenvalue weighted by molar-refractivity contribution is 0.254. The molecule has 0 aliphatic carbocycles. The van der Waals surface area contributed by atoms with Crippen LogP contribution in [0.4, 0.5) is 0 Å². The van der Waals surface area contributed by atoms with Crippen molar-refractivity contribution in [2.75, 3.05) is 53.9 Å². The summed E-state index contributed by atoms with van der Waals surface area (Å²) in [6.45, 7) is 3.21. The van der Waals surface area contributed by atoms with Crippen molar-refractivity contribution in [3.8, 4) is 0 Å². The minimum Gasteiger partial charge on any atom is -0.330 e. The Morgan fingerprint density at radius 2 is 1.95 bits per heavy atom. The number of nitrogens with two attached hydrogens (primary N) is 1. The van der Waals surface area contributed by atoms with Gasteiger partial charge in [0.15, 0.2) is 0 Å². The zero-order valence-corrected chi connectivity index (χ0v) is 13.2. The molecule has 0 amide bonds. The Balaban J connectivity index is 2.53. The minimum absolute atomic E-state index is 0.304. The van der Waals surface area contributed by atoms with E-state index in [4.69, 9.17) is 5.73 Å². The monoisotopic (exact) mass is 292 g/mol. The molecule has 7 heteroatoms. The van der Waals surface area contributed by atoms with Gasteiger partial charge in [-0.25, -0.2) is 0 Å². The maximum Gasteiger partial charge on any atom is 0.281 e. The molecule has 1 atom stereocenters. The summed E-state index contributed by atoms with van der Waals surface area (Å²) < 4.78 is 27.9. The number of piperidine rings is 1. The highest BCUT2D eigenvalue weighted by atomic mass is 32.2. The standard InChI is InChI=1S/C12H28N4O2S/c1-14(2)7-5-8-15(3)19(17,18)16-9-4-6-12(10-13)11-16/h12H,4-11,13H2,1-3H3. The van der Waals surface area contributed by atoms with Crippen LogP contribution in [0.2, 0.25) is 0 Å². The van der Waals surface area contributed by atoms with Crippen molar-refractivity contribution in [2.45, 2.75) is 19.3 Å². The molecule has 114 valence electrons. The van der Waals surface area contributed by atoms with Crippen LogP contribution in [0.25, 0.3) is 0 Å². The van der Waals surface area contributed by atoms with Gasteiger partial charge in [0, 0.05) is 26.7 Å². The summed E-state index contributed by atoms with van der Waals surface area (Å²) in [7, 11) is 2.34. The first-order valence-corrected chi connectivity index (χ1v) is 8.33. The van der Waals surface area contributed by atoms with Gasteiger partial charge >= 0.3 is 0 Å². The van der Waals surface area contributed by atoms with Crippen molar-refractivity contribution in [3.63, 3.8) is 0 Å². The average molecular weight is 292 g/mol. The summed E-state index contributed by atoms with van der Waals surface area (Å²) in [6.07, 6.45) is 2.79. The van der Waals surface area contributed by atoms with E-state index >= 15 is 0 Å². The molecule has 0 radical (unpaired) electrons. The normalized spacial score (nSPS) is 22.3. The van der Waals surface area contributed by atoms with Crippen LogP contribution in [0.15, 0.2) is 0 Å². The molecular weight excluding hydrogens is 264 g/mol. The number of rotatable bonds is 7. The highest BCUT2D eigenvalue weighted by Gasteiger charge is 2.31. The molecule has 19 heavy (non-hydrogen) atoms. The molecule has 1 rings (SSSR count). The summed E-state index contributed by atoms with van der Waals surface area (Å²) in [6, 6.07) is 0. The summed E-state index contributed by atoms with van der Waals surface area (Å²) in [5.41, 5.74) is 5.66. The molecule has 0 aromatic carbocycles. The molecule has 1 aliphatic heterocycles. The van der Waals surface area contributed by atoms with Crippen LogP contribution in [-0.4, -0.2) is 75.8 Å². The fourth-order valence-electron chi connectivity index (χ4n) is 2.35. The van der Waals surface area contributed by atoms with E-state index in [2.05, 4.69) is 4.90 Å². The van der Waals surface area contributed by atoms with Gasteiger partial charge in [-0.05, 0) is 52.4 Å². The summed E-state index contributed by atoms with van der Waals surface area (Å²) in [5.74, 6) is 0.304. The van der Waals surface area contributed by atoms with Crippen molar-refractivity contribution in [2.24, 2.45) is 11.7 Å². The molecule has 1 unspecified atom stereocenters. The van der Waals surface area contributed by atoms with E-state index < -0.39 is 10.2 Å². The topological polar surface area (TPSA) is 69.9 Å². The van der Waals surface area contributed by atoms with Gasteiger partial charge in [-0.2, -0.15) is 17.0 Å². The van der Waals surface area contributed by atoms with E-state index in [-0.39, 0.29) is 0 Å². The average Bonchev–Trinajstić information content (AvgIpc) is 2.38. The van der Waals surface area contributed by atoms with Gasteiger partial charge in [0.05, 0.1) is 0 Å². The summed E-state index contributed by atoms with van der Waals surface area (Å²) in [5, 5.41) is 0. The molecular formula is C12H28N4O2S. The maximum absolute atomic E-state index is 12.4. The van der Waals surface area contributed by atoms with Gasteiger partial charge in [0.25, 0.3) is 10.2 Å². The highest BCUT2D eigenvalue weighted by molar-refractivity contribution is 7.86. The fraction of sp³-hybridized carbons (Fsp3) is 1.00. The lowest BCUT2D eigenvalue weighted by Gasteiger charge is -2.34. The molecule has 1 saturated heterocycles. The molecule has 0 aromatic rings. The van der Waals surface area contributed by atoms with Crippen LogP contribution < -0.4 is 5.73 Å². The van der Waals surface area contributed by atoms with Crippen molar-refractivity contribution in [3.05, 3.63) is 0 Å². The number of nitrogens with zero attached hydrogens (tertiary/aromatic N) is 3. The Bertz CT molecular complexity index is 359. The molecule has 2 N–H and O–H groups in total. The zero-order chi connectivity index (χ0) is 14.5. The molecule has 0 spiro atoms. The molecule has 0 saturated carbocycles. The van der Waals surface area contributed by atoms with E-state index in [1.807, 2.05) is 14.1 Å². The molecule has 0 aromatic heterocycles. The quantitative estimate of drug-likeness (QED) is 0.705. The number of hydrogen-bond donors (Lipinski definition) is 1. The largest absolute Gasteiger partial charge is 0.330 e. The third-order valence-corrected chi connectivity index (χ3v) is 5.57. The predicted molar refractivity (Wildman–Crippen MR) is 78.1 cm³/mol. The second kappa shape index (κ2) is 7.54. The van der Waals surface area contributed by atoms with Gasteiger partial charge < -0.3 is 10.6 Å². The van der Waals surface area contributed by atoms with Crippen LogP contribution in [-0.2, 0) is 10.2 Å². The van der Waals surface area contributed by atoms with E-state index in [9.17, 15) is 8.42 Å². The van der Waals surface area contributed by atoms with Crippen LogP contribution in [0.5, 0.6) is 0 Å². The van der Waals surface area contributed by atoms with Gasteiger partial charge in [-0.1, -0.05) is 0 Å². The maximum atomic E-state index is 12.4. The molecule has 1 heterocycles. The minimum atomic E-state index is -3.31. The fourth-order valence-corrected chi connectivity index (χ4v) is 3.86. The zero-order valence-electron chi connectivity index (χ0n) is 12.4. The highest BCUT2D eigenvalue weighted by Crippen LogP contribution is 2.19. The predicted octanol–water partition coefficient (Wildman–Crippen LogP) is -0.215. The Morgan fingerprint density at radius 1 is 1.26 bits per heavy atom. The van der Waals surface area contributed by atoms with Crippen molar-refractivity contribution < 1.29 is 8.42 Å². The first-order chi connectivity index (χ1) is 8.87. The van der Waals surface area contributed by atoms with Crippen molar-refractivity contribution >= 4 is 10.2 Å². The van der Waals surface area contributed by atoms with Gasteiger partial charge in [-0.15, -0.1) is 0 Å². The van der Waals surface area contributed by atoms with Crippen LogP contribution >= 0.6 is 0 Å². The Hall–Kier alpha value is -0.210. The third-order valence-electron chi connectivity index (χ3n) is 3.61. The first kappa shape index (κ1) is 16.8. The summed E-state index contributed by atoms with van der Waals surface area (Å²) >= 11 is 0. The molecule has 1 aliphatic rings. The van der Waals surface area contributed by atoms with E-state index in [1.54, 1.807) is 11.4 Å². The van der Waals surface area contributed by atoms with Crippen molar-refractivity contribution in [1.82, 2.24) is 13.5 Å². The Kier molecular flexibility index (Phi) is 6.68. The van der Waals surface area contributed by atoms with Crippen LogP contribution in [0, 0.1) is 5.92 Å². The van der Waals surface area contributed by atoms with Gasteiger partial charge in [0.1, 0.15) is 0 Å². The lowest BCUT2D eigenvalue weighted by atomic mass is 10.0.